The minimum absolute atomic E-state index is 0.00387. The van der Waals surface area contributed by atoms with E-state index in [1.54, 1.807) is 18.3 Å². The second-order valence-corrected chi connectivity index (χ2v) is 4.68. The Bertz CT molecular complexity index is 708. The van der Waals surface area contributed by atoms with Crippen molar-refractivity contribution >= 4 is 23.2 Å². The standard InChI is InChI=1S/C14H12F3N3O3/c1-8-6-11(20-23-8)7-12(21)18-9-2-4-10(5-3-9)19-13(22)14(15,16)17/h2-6H,7H2,1H3,(H,18,21)(H,19,22). The van der Waals surface area contributed by atoms with E-state index in [0.717, 1.165) is 0 Å². The van der Waals surface area contributed by atoms with Crippen molar-refractivity contribution in [2.24, 2.45) is 0 Å². The first-order valence-electron chi connectivity index (χ1n) is 6.44. The minimum atomic E-state index is -4.96. The minimum Gasteiger partial charge on any atom is -0.361 e. The number of hydrogen-bond donors (Lipinski definition) is 2. The summed E-state index contributed by atoms with van der Waals surface area (Å²) in [6.07, 6.45) is -4.95. The zero-order chi connectivity index (χ0) is 17.0. The van der Waals surface area contributed by atoms with Crippen molar-refractivity contribution in [3.05, 3.63) is 41.8 Å². The van der Waals surface area contributed by atoms with Gasteiger partial charge in [0.25, 0.3) is 0 Å². The van der Waals surface area contributed by atoms with E-state index < -0.39 is 12.1 Å². The fourth-order valence-corrected chi connectivity index (χ4v) is 1.71. The summed E-state index contributed by atoms with van der Waals surface area (Å²) in [5.74, 6) is -1.83. The van der Waals surface area contributed by atoms with E-state index in [9.17, 15) is 22.8 Å². The zero-order valence-corrected chi connectivity index (χ0v) is 11.9. The molecule has 0 saturated heterocycles. The molecule has 2 amide bonds. The Balaban J connectivity index is 1.92. The van der Waals surface area contributed by atoms with Gasteiger partial charge in [-0.05, 0) is 31.2 Å². The molecule has 0 spiro atoms. The number of nitrogens with one attached hydrogen (secondary N) is 2. The number of alkyl halides is 3. The molecule has 0 aliphatic heterocycles. The summed E-state index contributed by atoms with van der Waals surface area (Å²) < 4.78 is 41.2. The summed E-state index contributed by atoms with van der Waals surface area (Å²) >= 11 is 0. The van der Waals surface area contributed by atoms with Gasteiger partial charge in [-0.2, -0.15) is 13.2 Å². The van der Waals surface area contributed by atoms with Crippen LogP contribution in [0, 0.1) is 6.92 Å². The summed E-state index contributed by atoms with van der Waals surface area (Å²) in [4.78, 5) is 22.6. The topological polar surface area (TPSA) is 84.2 Å². The van der Waals surface area contributed by atoms with Gasteiger partial charge < -0.3 is 15.2 Å². The van der Waals surface area contributed by atoms with Crippen LogP contribution in [0.5, 0.6) is 0 Å². The fourth-order valence-electron chi connectivity index (χ4n) is 1.71. The first-order valence-corrected chi connectivity index (χ1v) is 6.44. The van der Waals surface area contributed by atoms with Crippen LogP contribution in [0.1, 0.15) is 11.5 Å². The molecule has 0 fully saturated rings. The van der Waals surface area contributed by atoms with Gasteiger partial charge in [-0.1, -0.05) is 5.16 Å². The summed E-state index contributed by atoms with van der Waals surface area (Å²) in [6.45, 7) is 1.70. The van der Waals surface area contributed by atoms with Gasteiger partial charge in [0, 0.05) is 17.4 Å². The van der Waals surface area contributed by atoms with Crippen LogP contribution in [0.3, 0.4) is 0 Å². The van der Waals surface area contributed by atoms with Crippen molar-refractivity contribution in [1.29, 1.82) is 0 Å². The van der Waals surface area contributed by atoms with Crippen LogP contribution < -0.4 is 10.6 Å². The summed E-state index contributed by atoms with van der Waals surface area (Å²) in [5, 5.41) is 7.94. The molecule has 2 rings (SSSR count). The third-order valence-electron chi connectivity index (χ3n) is 2.70. The molecule has 1 heterocycles. The molecule has 0 aliphatic carbocycles. The molecule has 0 radical (unpaired) electrons. The molecule has 0 saturated carbocycles. The molecule has 1 aromatic carbocycles. The van der Waals surface area contributed by atoms with Crippen molar-refractivity contribution in [2.45, 2.75) is 19.5 Å². The average Bonchev–Trinajstić information content (AvgIpc) is 2.85. The van der Waals surface area contributed by atoms with Gasteiger partial charge in [0.1, 0.15) is 5.76 Å². The molecule has 2 N–H and O–H groups in total. The highest BCUT2D eigenvalue weighted by Gasteiger charge is 2.38. The van der Waals surface area contributed by atoms with Crippen LogP contribution in [0.25, 0.3) is 0 Å². The maximum atomic E-state index is 12.1. The van der Waals surface area contributed by atoms with E-state index in [-0.39, 0.29) is 18.0 Å². The van der Waals surface area contributed by atoms with E-state index >= 15 is 0 Å². The smallest absolute Gasteiger partial charge is 0.361 e. The molecule has 1 aromatic heterocycles. The van der Waals surface area contributed by atoms with E-state index in [1.165, 1.54) is 24.3 Å². The number of benzene rings is 1. The third kappa shape index (κ3) is 4.83. The number of rotatable bonds is 4. The molecule has 9 heteroatoms. The highest BCUT2D eigenvalue weighted by atomic mass is 19.4. The molecular weight excluding hydrogens is 315 g/mol. The van der Waals surface area contributed by atoms with Gasteiger partial charge >= 0.3 is 12.1 Å². The van der Waals surface area contributed by atoms with Crippen LogP contribution in [0.2, 0.25) is 0 Å². The van der Waals surface area contributed by atoms with Crippen molar-refractivity contribution in [2.75, 3.05) is 10.6 Å². The van der Waals surface area contributed by atoms with Crippen molar-refractivity contribution < 1.29 is 27.3 Å². The quantitative estimate of drug-likeness (QED) is 0.904. The molecule has 6 nitrogen and oxygen atoms in total. The molecular formula is C14H12F3N3O3. The number of amides is 2. The third-order valence-corrected chi connectivity index (χ3v) is 2.70. The summed E-state index contributed by atoms with van der Waals surface area (Å²) in [5.41, 5.74) is 0.812. The molecule has 0 aliphatic rings. The number of carbonyl (C=O) groups excluding carboxylic acids is 2. The second kappa shape index (κ2) is 6.51. The number of aromatic nitrogens is 1. The van der Waals surface area contributed by atoms with Crippen LogP contribution >= 0.6 is 0 Å². The highest BCUT2D eigenvalue weighted by Crippen LogP contribution is 2.19. The fraction of sp³-hybridized carbons (Fsp3) is 0.214. The van der Waals surface area contributed by atoms with Crippen LogP contribution in [-0.2, 0) is 16.0 Å². The lowest BCUT2D eigenvalue weighted by atomic mass is 10.2. The van der Waals surface area contributed by atoms with Crippen molar-refractivity contribution in [3.63, 3.8) is 0 Å². The van der Waals surface area contributed by atoms with Crippen LogP contribution in [0.15, 0.2) is 34.9 Å². The molecule has 0 unspecified atom stereocenters. The summed E-state index contributed by atoms with van der Waals surface area (Å²) in [7, 11) is 0. The predicted molar refractivity (Wildman–Crippen MR) is 74.7 cm³/mol. The van der Waals surface area contributed by atoms with Crippen LogP contribution in [-0.4, -0.2) is 23.1 Å². The number of aryl methyl sites for hydroxylation is 1. The maximum absolute atomic E-state index is 12.1. The van der Waals surface area contributed by atoms with E-state index in [4.69, 9.17) is 4.52 Å². The Morgan fingerprint density at radius 1 is 1.13 bits per heavy atom. The largest absolute Gasteiger partial charge is 0.471 e. The number of anilines is 2. The first kappa shape index (κ1) is 16.5. The van der Waals surface area contributed by atoms with Gasteiger partial charge in [-0.15, -0.1) is 0 Å². The lowest BCUT2D eigenvalue weighted by molar-refractivity contribution is -0.167. The van der Waals surface area contributed by atoms with Gasteiger partial charge in [0.2, 0.25) is 5.91 Å². The van der Waals surface area contributed by atoms with Gasteiger partial charge in [0.05, 0.1) is 12.1 Å². The number of hydrogen-bond acceptors (Lipinski definition) is 4. The van der Waals surface area contributed by atoms with Gasteiger partial charge in [-0.3, -0.25) is 9.59 Å². The molecule has 0 bridgehead atoms. The van der Waals surface area contributed by atoms with E-state index in [2.05, 4.69) is 10.5 Å². The SMILES string of the molecule is Cc1cc(CC(=O)Nc2ccc(NC(=O)C(F)(F)F)cc2)no1. The number of carbonyl (C=O) groups is 2. The van der Waals surface area contributed by atoms with Crippen LogP contribution in [0.4, 0.5) is 24.5 Å². The Morgan fingerprint density at radius 2 is 1.70 bits per heavy atom. The zero-order valence-electron chi connectivity index (χ0n) is 11.9. The lowest BCUT2D eigenvalue weighted by Gasteiger charge is -2.09. The predicted octanol–water partition coefficient (Wildman–Crippen LogP) is 2.67. The maximum Gasteiger partial charge on any atom is 0.471 e. The Kier molecular flexibility index (Phi) is 4.68. The Labute approximate surface area is 128 Å². The molecule has 23 heavy (non-hydrogen) atoms. The monoisotopic (exact) mass is 327 g/mol. The lowest BCUT2D eigenvalue weighted by Crippen LogP contribution is -2.29. The molecule has 2 aromatic rings. The van der Waals surface area contributed by atoms with Crippen molar-refractivity contribution in [1.82, 2.24) is 5.16 Å². The van der Waals surface area contributed by atoms with Gasteiger partial charge in [0.15, 0.2) is 0 Å². The molecule has 122 valence electrons. The second-order valence-electron chi connectivity index (χ2n) is 4.68. The highest BCUT2D eigenvalue weighted by molar-refractivity contribution is 5.95. The van der Waals surface area contributed by atoms with Gasteiger partial charge in [-0.25, -0.2) is 0 Å². The van der Waals surface area contributed by atoms with E-state index in [0.29, 0.717) is 17.1 Å². The normalized spacial score (nSPS) is 11.1. The number of halogens is 3. The number of nitrogens with zero attached hydrogens (tertiary/aromatic N) is 1. The average molecular weight is 327 g/mol. The van der Waals surface area contributed by atoms with Crippen molar-refractivity contribution in [3.8, 4) is 0 Å². The summed E-state index contributed by atoms with van der Waals surface area (Å²) in [6, 6.07) is 6.87. The Morgan fingerprint density at radius 3 is 2.17 bits per heavy atom. The first-order chi connectivity index (χ1) is 10.7. The Hall–Kier alpha value is -2.84. The molecule has 0 atom stereocenters. The van der Waals surface area contributed by atoms with E-state index in [1.807, 2.05) is 0 Å².